The molecule has 134 valence electrons. The van der Waals surface area contributed by atoms with Crippen molar-refractivity contribution in [3.8, 4) is 11.5 Å². The number of carbonyl (C=O) groups is 1. The Morgan fingerprint density at radius 1 is 0.840 bits per heavy atom. The van der Waals surface area contributed by atoms with Crippen LogP contribution in [0.15, 0.2) is 48.5 Å². The molecule has 3 nitrogen and oxygen atoms in total. The van der Waals surface area contributed by atoms with E-state index >= 15 is 0 Å². The average Bonchev–Trinajstić information content (AvgIpc) is 2.62. The molecule has 25 heavy (non-hydrogen) atoms. The van der Waals surface area contributed by atoms with Gasteiger partial charge in [-0.15, -0.1) is 0 Å². The summed E-state index contributed by atoms with van der Waals surface area (Å²) in [7, 11) is 0. The number of carbonyl (C=O) groups excluding carboxylic acids is 1. The highest BCUT2D eigenvalue weighted by Crippen LogP contribution is 2.33. The van der Waals surface area contributed by atoms with Crippen LogP contribution in [0.25, 0.3) is 0 Å². The molecule has 3 heteroatoms. The molecular formula is C22H28O3. The zero-order chi connectivity index (χ0) is 18.2. The van der Waals surface area contributed by atoms with Crippen molar-refractivity contribution < 1.29 is 14.3 Å². The van der Waals surface area contributed by atoms with Crippen molar-refractivity contribution in [1.29, 1.82) is 0 Å². The molecule has 2 aromatic rings. The molecule has 0 spiro atoms. The zero-order valence-electron chi connectivity index (χ0n) is 15.6. The van der Waals surface area contributed by atoms with Gasteiger partial charge < -0.3 is 9.47 Å². The van der Waals surface area contributed by atoms with Crippen molar-refractivity contribution in [2.75, 3.05) is 6.61 Å². The molecule has 0 bridgehead atoms. The normalized spacial score (nSPS) is 13.1. The largest absolute Gasteiger partial charge is 0.494 e. The Labute approximate surface area is 151 Å². The van der Waals surface area contributed by atoms with Gasteiger partial charge in [-0.1, -0.05) is 45.0 Å². The van der Waals surface area contributed by atoms with E-state index in [2.05, 4.69) is 26.0 Å². The topological polar surface area (TPSA) is 35.5 Å². The lowest BCUT2D eigenvalue weighted by Gasteiger charge is -2.21. The quantitative estimate of drug-likeness (QED) is 0.457. The van der Waals surface area contributed by atoms with Crippen LogP contribution in [0.5, 0.6) is 11.5 Å². The Kier molecular flexibility index (Phi) is 7.05. The minimum Gasteiger partial charge on any atom is -0.494 e. The molecular weight excluding hydrogens is 312 g/mol. The van der Waals surface area contributed by atoms with Gasteiger partial charge >= 0.3 is 5.97 Å². The maximum Gasteiger partial charge on any atom is 0.311 e. The van der Waals surface area contributed by atoms with E-state index < -0.39 is 0 Å². The lowest BCUT2D eigenvalue weighted by Crippen LogP contribution is -2.08. The second kappa shape index (κ2) is 9.26. The van der Waals surface area contributed by atoms with Gasteiger partial charge in [0, 0.05) is 6.42 Å². The van der Waals surface area contributed by atoms with E-state index in [9.17, 15) is 4.79 Å². The molecule has 0 saturated heterocycles. The molecule has 0 heterocycles. The van der Waals surface area contributed by atoms with Gasteiger partial charge in [0.05, 0.1) is 6.61 Å². The fraction of sp³-hybridized carbons (Fsp3) is 0.409. The number of hydrogen-bond acceptors (Lipinski definition) is 3. The second-order valence-corrected chi connectivity index (χ2v) is 6.37. The van der Waals surface area contributed by atoms with Crippen LogP contribution in [0, 0.1) is 0 Å². The maximum absolute atomic E-state index is 11.6. The third-order valence-electron chi connectivity index (χ3n) is 4.56. The lowest BCUT2D eigenvalue weighted by atomic mass is 9.84. The van der Waals surface area contributed by atoms with Gasteiger partial charge in [0.25, 0.3) is 0 Å². The second-order valence-electron chi connectivity index (χ2n) is 6.37. The van der Waals surface area contributed by atoms with Crippen molar-refractivity contribution >= 4 is 5.97 Å². The third kappa shape index (κ3) is 5.35. The van der Waals surface area contributed by atoms with Crippen LogP contribution in [-0.4, -0.2) is 12.6 Å². The van der Waals surface area contributed by atoms with Gasteiger partial charge in [-0.3, -0.25) is 4.79 Å². The highest BCUT2D eigenvalue weighted by Gasteiger charge is 2.16. The van der Waals surface area contributed by atoms with Crippen LogP contribution < -0.4 is 9.47 Å². The Morgan fingerprint density at radius 2 is 1.32 bits per heavy atom. The first-order valence-corrected chi connectivity index (χ1v) is 9.08. The molecule has 0 aliphatic carbocycles. The molecule has 0 amide bonds. The van der Waals surface area contributed by atoms with Crippen LogP contribution in [-0.2, 0) is 4.79 Å². The molecule has 0 aromatic heterocycles. The summed E-state index contributed by atoms with van der Waals surface area (Å²) in [5.41, 5.74) is 2.52. The van der Waals surface area contributed by atoms with E-state index in [-0.39, 0.29) is 5.97 Å². The van der Waals surface area contributed by atoms with E-state index in [1.54, 1.807) is 0 Å². The predicted octanol–water partition coefficient (Wildman–Crippen LogP) is 5.70. The molecule has 0 N–H and O–H groups in total. The monoisotopic (exact) mass is 340 g/mol. The Morgan fingerprint density at radius 3 is 1.76 bits per heavy atom. The molecule has 0 saturated carbocycles. The van der Waals surface area contributed by atoms with Crippen molar-refractivity contribution in [2.24, 2.45) is 0 Å². The molecule has 2 rings (SSSR count). The lowest BCUT2D eigenvalue weighted by molar-refractivity contribution is -0.134. The van der Waals surface area contributed by atoms with Crippen molar-refractivity contribution in [3.05, 3.63) is 59.7 Å². The van der Waals surface area contributed by atoms with E-state index in [0.717, 1.165) is 12.2 Å². The summed E-state index contributed by atoms with van der Waals surface area (Å²) >= 11 is 0. The first-order chi connectivity index (χ1) is 12.0. The summed E-state index contributed by atoms with van der Waals surface area (Å²) in [5, 5.41) is 0. The Balaban J connectivity index is 2.03. The summed E-state index contributed by atoms with van der Waals surface area (Å²) in [6.45, 7) is 9.09. The van der Waals surface area contributed by atoms with Gasteiger partial charge in [-0.05, 0) is 60.6 Å². The van der Waals surface area contributed by atoms with Crippen LogP contribution in [0.2, 0.25) is 0 Å². The first-order valence-electron chi connectivity index (χ1n) is 9.08. The summed E-state index contributed by atoms with van der Waals surface area (Å²) in [6, 6.07) is 16.2. The highest BCUT2D eigenvalue weighted by atomic mass is 16.5. The number of rotatable bonds is 8. The zero-order valence-corrected chi connectivity index (χ0v) is 15.6. The minimum atomic E-state index is -0.175. The highest BCUT2D eigenvalue weighted by molar-refractivity contribution is 5.72. The third-order valence-corrected chi connectivity index (χ3v) is 4.56. The molecule has 0 fully saturated rings. The van der Waals surface area contributed by atoms with Crippen LogP contribution in [0.3, 0.4) is 0 Å². The fourth-order valence-electron chi connectivity index (χ4n) is 2.84. The number of hydrogen-bond donors (Lipinski definition) is 0. The molecule has 2 unspecified atom stereocenters. The molecule has 0 radical (unpaired) electrons. The van der Waals surface area contributed by atoms with Crippen LogP contribution in [0.1, 0.15) is 63.5 Å². The average molecular weight is 340 g/mol. The first kappa shape index (κ1) is 19.0. The summed E-state index contributed by atoms with van der Waals surface area (Å²) in [6.07, 6.45) is 1.25. The smallest absolute Gasteiger partial charge is 0.311 e. The van der Waals surface area contributed by atoms with E-state index in [1.807, 2.05) is 50.2 Å². The molecule has 0 aliphatic rings. The summed E-state index contributed by atoms with van der Waals surface area (Å²) in [4.78, 5) is 11.6. The van der Waals surface area contributed by atoms with Gasteiger partial charge in [-0.25, -0.2) is 0 Å². The van der Waals surface area contributed by atoms with E-state index in [1.165, 1.54) is 11.1 Å². The predicted molar refractivity (Wildman–Crippen MR) is 101 cm³/mol. The summed E-state index contributed by atoms with van der Waals surface area (Å²) < 4.78 is 10.8. The Bertz CT molecular complexity index is 659. The molecule has 2 aromatic carbocycles. The van der Waals surface area contributed by atoms with Crippen molar-refractivity contribution in [2.45, 2.75) is 52.4 Å². The van der Waals surface area contributed by atoms with Gasteiger partial charge in [-0.2, -0.15) is 0 Å². The SMILES string of the molecule is CCCC(=O)Oc1ccc(C(C)C(C)c2ccc(OCC)cc2)cc1. The van der Waals surface area contributed by atoms with Crippen LogP contribution >= 0.6 is 0 Å². The standard InChI is InChI=1S/C22H28O3/c1-5-7-22(23)25-21-14-10-19(11-15-21)17(4)16(3)18-8-12-20(13-9-18)24-6-2/h8-17H,5-7H2,1-4H3. The van der Waals surface area contributed by atoms with Gasteiger partial charge in [0.2, 0.25) is 0 Å². The fourth-order valence-corrected chi connectivity index (χ4v) is 2.84. The minimum absolute atomic E-state index is 0.175. The van der Waals surface area contributed by atoms with Crippen molar-refractivity contribution in [3.63, 3.8) is 0 Å². The number of esters is 1. The van der Waals surface area contributed by atoms with E-state index in [0.29, 0.717) is 30.6 Å². The molecule has 0 aliphatic heterocycles. The number of benzene rings is 2. The molecule has 2 atom stereocenters. The van der Waals surface area contributed by atoms with Gasteiger partial charge in [0.15, 0.2) is 0 Å². The van der Waals surface area contributed by atoms with E-state index in [4.69, 9.17) is 9.47 Å². The summed E-state index contributed by atoms with van der Waals surface area (Å²) in [5.74, 6) is 2.08. The number of ether oxygens (including phenoxy) is 2. The van der Waals surface area contributed by atoms with Gasteiger partial charge in [0.1, 0.15) is 11.5 Å². The maximum atomic E-state index is 11.6. The van der Waals surface area contributed by atoms with Crippen molar-refractivity contribution in [1.82, 2.24) is 0 Å². The Hall–Kier alpha value is -2.29. The van der Waals surface area contributed by atoms with Crippen LogP contribution in [0.4, 0.5) is 0 Å².